The third kappa shape index (κ3) is 4.69. The van der Waals surface area contributed by atoms with Gasteiger partial charge in [-0.25, -0.2) is 17.2 Å². The Bertz CT molecular complexity index is 974. The summed E-state index contributed by atoms with van der Waals surface area (Å²) >= 11 is 0. The third-order valence-corrected chi connectivity index (χ3v) is 7.33. The van der Waals surface area contributed by atoms with Gasteiger partial charge in [0.2, 0.25) is 15.9 Å². The average Bonchev–Trinajstić information content (AvgIpc) is 2.73. The molecule has 0 bridgehead atoms. The van der Waals surface area contributed by atoms with Crippen molar-refractivity contribution in [3.8, 4) is 0 Å². The Morgan fingerprint density at radius 3 is 2.07 bits per heavy atom. The van der Waals surface area contributed by atoms with E-state index in [1.807, 2.05) is 42.2 Å². The molecule has 6 nitrogen and oxygen atoms in total. The number of piperazine rings is 1. The maximum atomic E-state index is 14.0. The molecule has 30 heavy (non-hydrogen) atoms. The molecule has 1 amide bonds. The minimum absolute atomic E-state index is 0.0436. The van der Waals surface area contributed by atoms with Crippen molar-refractivity contribution in [2.75, 3.05) is 26.2 Å². The van der Waals surface area contributed by atoms with Gasteiger partial charge in [0.05, 0.1) is 12.1 Å². The molecule has 9 heteroatoms. The molecule has 1 saturated heterocycles. The van der Waals surface area contributed by atoms with Crippen molar-refractivity contribution < 1.29 is 22.0 Å². The molecule has 2 aromatic carbocycles. The Kier molecular flexibility index (Phi) is 6.84. The molecule has 2 aromatic rings. The first-order valence-corrected chi connectivity index (χ1v) is 11.2. The van der Waals surface area contributed by atoms with Crippen molar-refractivity contribution in [1.82, 2.24) is 14.5 Å². The van der Waals surface area contributed by atoms with E-state index in [0.29, 0.717) is 0 Å². The second-order valence-corrected chi connectivity index (χ2v) is 9.18. The Morgan fingerprint density at radius 1 is 0.933 bits per heavy atom. The second kappa shape index (κ2) is 9.20. The molecule has 2 atom stereocenters. The van der Waals surface area contributed by atoms with Gasteiger partial charge >= 0.3 is 0 Å². The minimum atomic E-state index is -4.29. The van der Waals surface area contributed by atoms with Gasteiger partial charge in [-0.15, -0.1) is 0 Å². The predicted molar refractivity (Wildman–Crippen MR) is 109 cm³/mol. The summed E-state index contributed by atoms with van der Waals surface area (Å²) < 4.78 is 54.4. The molecule has 1 heterocycles. The van der Waals surface area contributed by atoms with E-state index in [0.717, 1.165) is 28.1 Å². The van der Waals surface area contributed by atoms with Crippen LogP contribution in [0.3, 0.4) is 0 Å². The van der Waals surface area contributed by atoms with Crippen LogP contribution < -0.4 is 5.32 Å². The lowest BCUT2D eigenvalue weighted by molar-refractivity contribution is -0.127. The van der Waals surface area contributed by atoms with Crippen LogP contribution >= 0.6 is 0 Å². The maximum Gasteiger partial charge on any atom is 0.249 e. The smallest absolute Gasteiger partial charge is 0.249 e. The first-order valence-electron chi connectivity index (χ1n) is 9.75. The maximum absolute atomic E-state index is 14.0. The van der Waals surface area contributed by atoms with Gasteiger partial charge in [0.1, 0.15) is 11.6 Å². The van der Waals surface area contributed by atoms with Crippen LogP contribution in [0, 0.1) is 11.6 Å². The normalized spacial score (nSPS) is 18.0. The molecule has 0 spiro atoms. The van der Waals surface area contributed by atoms with Gasteiger partial charge in [-0.1, -0.05) is 36.4 Å². The summed E-state index contributed by atoms with van der Waals surface area (Å²) in [6.07, 6.45) is 0. The number of carbonyl (C=O) groups is 1. The van der Waals surface area contributed by atoms with E-state index in [1.54, 1.807) is 6.92 Å². The highest BCUT2D eigenvalue weighted by molar-refractivity contribution is 7.89. The summed E-state index contributed by atoms with van der Waals surface area (Å²) in [6.45, 7) is 4.30. The van der Waals surface area contributed by atoms with Crippen molar-refractivity contribution in [2.45, 2.75) is 30.8 Å². The van der Waals surface area contributed by atoms with Crippen LogP contribution in [0.4, 0.5) is 8.78 Å². The van der Waals surface area contributed by atoms with Gasteiger partial charge in [-0.3, -0.25) is 9.69 Å². The summed E-state index contributed by atoms with van der Waals surface area (Å²) in [4.78, 5) is 13.6. The fourth-order valence-corrected chi connectivity index (χ4v) is 5.05. The number of nitrogens with one attached hydrogen (secondary N) is 1. The lowest BCUT2D eigenvalue weighted by Gasteiger charge is -2.37. The first-order chi connectivity index (χ1) is 14.2. The summed E-state index contributed by atoms with van der Waals surface area (Å²) in [7, 11) is -4.29. The Labute approximate surface area is 175 Å². The van der Waals surface area contributed by atoms with Crippen LogP contribution in [-0.2, 0) is 14.8 Å². The molecule has 0 saturated carbocycles. The topological polar surface area (TPSA) is 69.7 Å². The largest absolute Gasteiger partial charge is 0.348 e. The van der Waals surface area contributed by atoms with Crippen LogP contribution in [0.5, 0.6) is 0 Å². The van der Waals surface area contributed by atoms with Crippen molar-refractivity contribution in [2.24, 2.45) is 0 Å². The molecule has 0 radical (unpaired) electrons. The van der Waals surface area contributed by atoms with Crippen LogP contribution in [0.25, 0.3) is 0 Å². The zero-order valence-corrected chi connectivity index (χ0v) is 17.7. The van der Waals surface area contributed by atoms with Gasteiger partial charge in [0.15, 0.2) is 4.90 Å². The second-order valence-electron chi connectivity index (χ2n) is 7.31. The Morgan fingerprint density at radius 2 is 1.50 bits per heavy atom. The minimum Gasteiger partial charge on any atom is -0.348 e. The Balaban J connectivity index is 1.61. The molecular formula is C21H25F2N3O3S. The van der Waals surface area contributed by atoms with Crippen LogP contribution in [-0.4, -0.2) is 55.8 Å². The van der Waals surface area contributed by atoms with E-state index in [-0.39, 0.29) is 38.1 Å². The third-order valence-electron chi connectivity index (χ3n) is 5.38. The van der Waals surface area contributed by atoms with E-state index in [4.69, 9.17) is 0 Å². The highest BCUT2D eigenvalue weighted by atomic mass is 32.2. The van der Waals surface area contributed by atoms with Crippen molar-refractivity contribution in [1.29, 1.82) is 0 Å². The standard InChI is InChI=1S/C21H25F2N3O3S/c1-15(17-7-4-3-5-8-17)24-21(27)16(2)25-11-13-26(14-12-25)30(28,29)20-18(22)9-6-10-19(20)23/h3-10,15-16H,11-14H2,1-2H3,(H,24,27). The number of rotatable bonds is 6. The summed E-state index contributed by atoms with van der Waals surface area (Å²) in [5, 5.41) is 2.96. The molecule has 1 aliphatic rings. The van der Waals surface area contributed by atoms with Crippen LogP contribution in [0.1, 0.15) is 25.5 Å². The first kappa shape index (κ1) is 22.3. The highest BCUT2D eigenvalue weighted by Crippen LogP contribution is 2.24. The van der Waals surface area contributed by atoms with Gasteiger partial charge in [-0.2, -0.15) is 4.31 Å². The van der Waals surface area contributed by atoms with E-state index in [1.165, 1.54) is 0 Å². The molecule has 0 aliphatic carbocycles. The zero-order valence-electron chi connectivity index (χ0n) is 16.9. The molecule has 3 rings (SSSR count). The molecule has 2 unspecified atom stereocenters. The van der Waals surface area contributed by atoms with Gasteiger partial charge < -0.3 is 5.32 Å². The van der Waals surface area contributed by atoms with Crippen molar-refractivity contribution in [3.63, 3.8) is 0 Å². The summed E-state index contributed by atoms with van der Waals surface area (Å²) in [6, 6.07) is 11.9. The number of benzene rings is 2. The zero-order chi connectivity index (χ0) is 21.9. The molecule has 162 valence electrons. The van der Waals surface area contributed by atoms with Crippen LogP contribution in [0.15, 0.2) is 53.4 Å². The Hall–Kier alpha value is -2.36. The van der Waals surface area contributed by atoms with Crippen LogP contribution in [0.2, 0.25) is 0 Å². The molecule has 1 N–H and O–H groups in total. The highest BCUT2D eigenvalue weighted by Gasteiger charge is 2.35. The lowest BCUT2D eigenvalue weighted by Crippen LogP contribution is -2.55. The quantitative estimate of drug-likeness (QED) is 0.754. The number of nitrogens with zero attached hydrogens (tertiary/aromatic N) is 2. The predicted octanol–water partition coefficient (Wildman–Crippen LogP) is 2.54. The monoisotopic (exact) mass is 437 g/mol. The lowest BCUT2D eigenvalue weighted by atomic mass is 10.1. The van der Waals surface area contributed by atoms with E-state index >= 15 is 0 Å². The number of sulfonamides is 1. The molecule has 0 aromatic heterocycles. The SMILES string of the molecule is CC(NC(=O)C(C)N1CCN(S(=O)(=O)c2c(F)cccc2F)CC1)c1ccccc1. The number of amides is 1. The van der Waals surface area contributed by atoms with E-state index < -0.39 is 32.6 Å². The number of halogens is 2. The molecular weight excluding hydrogens is 412 g/mol. The van der Waals surface area contributed by atoms with E-state index in [9.17, 15) is 22.0 Å². The van der Waals surface area contributed by atoms with Gasteiger partial charge in [0, 0.05) is 26.2 Å². The molecule has 1 fully saturated rings. The van der Waals surface area contributed by atoms with E-state index in [2.05, 4.69) is 5.32 Å². The van der Waals surface area contributed by atoms with Crippen molar-refractivity contribution in [3.05, 3.63) is 65.7 Å². The van der Waals surface area contributed by atoms with Gasteiger partial charge in [0.25, 0.3) is 0 Å². The molecule has 1 aliphatic heterocycles. The average molecular weight is 438 g/mol. The summed E-state index contributed by atoms with van der Waals surface area (Å²) in [5.74, 6) is -2.39. The van der Waals surface area contributed by atoms with Gasteiger partial charge in [-0.05, 0) is 31.5 Å². The fourth-order valence-electron chi connectivity index (χ4n) is 3.51. The summed E-state index contributed by atoms with van der Waals surface area (Å²) in [5.41, 5.74) is 0.987. The fraction of sp³-hybridized carbons (Fsp3) is 0.381. The van der Waals surface area contributed by atoms with Crippen molar-refractivity contribution >= 4 is 15.9 Å². The number of hydrogen-bond acceptors (Lipinski definition) is 4. The number of hydrogen-bond donors (Lipinski definition) is 1. The number of carbonyl (C=O) groups excluding carboxylic acids is 1.